The van der Waals surface area contributed by atoms with Gasteiger partial charge in [0.25, 0.3) is 0 Å². The molecule has 1 atom stereocenters. The van der Waals surface area contributed by atoms with Crippen molar-refractivity contribution in [3.8, 4) is 0 Å². The smallest absolute Gasteiger partial charge is 0.220 e. The summed E-state index contributed by atoms with van der Waals surface area (Å²) in [6, 6.07) is 9.95. The van der Waals surface area contributed by atoms with Gasteiger partial charge in [0.1, 0.15) is 0 Å². The van der Waals surface area contributed by atoms with E-state index in [2.05, 4.69) is 5.32 Å². The highest BCUT2D eigenvalue weighted by molar-refractivity contribution is 7.07. The number of aliphatic hydroxyl groups excluding tert-OH is 1. The molecule has 1 unspecified atom stereocenters. The molecule has 0 spiro atoms. The van der Waals surface area contributed by atoms with Crippen molar-refractivity contribution in [1.29, 1.82) is 0 Å². The molecule has 0 saturated carbocycles. The highest BCUT2D eigenvalue weighted by atomic mass is 32.1. The molecule has 0 aliphatic rings. The number of rotatable bonds is 6. The van der Waals surface area contributed by atoms with Gasteiger partial charge in [-0.05, 0) is 46.9 Å². The highest BCUT2D eigenvalue weighted by Crippen LogP contribution is 2.15. The molecule has 3 nitrogen and oxygen atoms in total. The van der Waals surface area contributed by atoms with Crippen molar-refractivity contribution in [2.75, 3.05) is 6.54 Å². The SMILES string of the molecule is Cc1ccccc1CCC(=O)NCC(O)c1ccsc1. The predicted octanol–water partition coefficient (Wildman–Crippen LogP) is 2.84. The first-order chi connectivity index (χ1) is 9.66. The Kier molecular flexibility index (Phi) is 5.32. The molecule has 0 saturated heterocycles. The second-order valence-corrected chi connectivity index (χ2v) is 5.58. The standard InChI is InChI=1S/C16H19NO2S/c1-12-4-2-3-5-13(12)6-7-16(19)17-10-15(18)14-8-9-20-11-14/h2-5,8-9,11,15,18H,6-7,10H2,1H3,(H,17,19). The molecular weight excluding hydrogens is 270 g/mol. The van der Waals surface area contributed by atoms with Crippen molar-refractivity contribution in [3.63, 3.8) is 0 Å². The first-order valence-corrected chi connectivity index (χ1v) is 7.62. The number of hydrogen-bond acceptors (Lipinski definition) is 3. The normalized spacial score (nSPS) is 12.1. The van der Waals surface area contributed by atoms with Crippen LogP contribution in [0.15, 0.2) is 41.1 Å². The Bertz CT molecular complexity index is 551. The molecule has 2 N–H and O–H groups in total. The summed E-state index contributed by atoms with van der Waals surface area (Å²) in [5.74, 6) is -0.0254. The van der Waals surface area contributed by atoms with Gasteiger partial charge in [-0.2, -0.15) is 11.3 Å². The number of carbonyl (C=O) groups is 1. The molecule has 1 aromatic carbocycles. The molecule has 2 aromatic rings. The second-order valence-electron chi connectivity index (χ2n) is 4.80. The molecule has 4 heteroatoms. The van der Waals surface area contributed by atoms with Crippen LogP contribution in [0, 0.1) is 6.92 Å². The number of thiophene rings is 1. The van der Waals surface area contributed by atoms with Gasteiger partial charge in [-0.25, -0.2) is 0 Å². The van der Waals surface area contributed by atoms with E-state index in [1.54, 1.807) is 0 Å². The topological polar surface area (TPSA) is 49.3 Å². The van der Waals surface area contributed by atoms with E-state index in [-0.39, 0.29) is 12.5 Å². The van der Waals surface area contributed by atoms with Crippen molar-refractivity contribution < 1.29 is 9.90 Å². The van der Waals surface area contributed by atoms with Crippen LogP contribution in [-0.4, -0.2) is 17.6 Å². The maximum Gasteiger partial charge on any atom is 0.220 e. The average molecular weight is 289 g/mol. The number of hydrogen-bond donors (Lipinski definition) is 2. The average Bonchev–Trinajstić information content (AvgIpc) is 2.98. The molecule has 0 bridgehead atoms. The minimum absolute atomic E-state index is 0.0254. The molecular formula is C16H19NO2S. The van der Waals surface area contributed by atoms with E-state index in [0.29, 0.717) is 6.42 Å². The Balaban J connectivity index is 1.75. The largest absolute Gasteiger partial charge is 0.387 e. The molecule has 106 valence electrons. The quantitative estimate of drug-likeness (QED) is 0.859. The highest BCUT2D eigenvalue weighted by Gasteiger charge is 2.10. The summed E-state index contributed by atoms with van der Waals surface area (Å²) in [6.07, 6.45) is 0.553. The van der Waals surface area contributed by atoms with Crippen molar-refractivity contribution in [3.05, 3.63) is 57.8 Å². The zero-order valence-electron chi connectivity index (χ0n) is 11.5. The molecule has 20 heavy (non-hydrogen) atoms. The summed E-state index contributed by atoms with van der Waals surface area (Å²) < 4.78 is 0. The molecule has 1 aromatic heterocycles. The van der Waals surface area contributed by atoms with Gasteiger partial charge < -0.3 is 10.4 Å². The Morgan fingerprint density at radius 2 is 2.15 bits per heavy atom. The Hall–Kier alpha value is -1.65. The van der Waals surface area contributed by atoms with E-state index in [0.717, 1.165) is 12.0 Å². The molecule has 0 radical (unpaired) electrons. The molecule has 0 aliphatic heterocycles. The minimum atomic E-state index is -0.622. The number of aryl methyl sites for hydroxylation is 2. The number of aliphatic hydroxyl groups is 1. The lowest BCUT2D eigenvalue weighted by atomic mass is 10.0. The third-order valence-electron chi connectivity index (χ3n) is 3.30. The van der Waals surface area contributed by atoms with E-state index in [9.17, 15) is 9.90 Å². The lowest BCUT2D eigenvalue weighted by Crippen LogP contribution is -2.28. The summed E-state index contributed by atoms with van der Waals surface area (Å²) >= 11 is 1.54. The summed E-state index contributed by atoms with van der Waals surface area (Å²) in [5, 5.41) is 16.5. The summed E-state index contributed by atoms with van der Waals surface area (Å²) in [5.41, 5.74) is 3.26. The number of amides is 1. The van der Waals surface area contributed by atoms with Crippen LogP contribution in [0.4, 0.5) is 0 Å². The van der Waals surface area contributed by atoms with Gasteiger partial charge >= 0.3 is 0 Å². The molecule has 2 rings (SSSR count). The van der Waals surface area contributed by atoms with Crippen molar-refractivity contribution >= 4 is 17.2 Å². The monoisotopic (exact) mass is 289 g/mol. The molecule has 0 aliphatic carbocycles. The Morgan fingerprint density at radius 1 is 1.35 bits per heavy atom. The van der Waals surface area contributed by atoms with Crippen LogP contribution in [0.2, 0.25) is 0 Å². The van der Waals surface area contributed by atoms with Crippen LogP contribution in [0.5, 0.6) is 0 Å². The van der Waals surface area contributed by atoms with Crippen molar-refractivity contribution in [2.45, 2.75) is 25.9 Å². The van der Waals surface area contributed by atoms with Crippen LogP contribution in [0.3, 0.4) is 0 Å². The first-order valence-electron chi connectivity index (χ1n) is 6.68. The number of nitrogens with one attached hydrogen (secondary N) is 1. The van der Waals surface area contributed by atoms with Crippen LogP contribution < -0.4 is 5.32 Å². The van der Waals surface area contributed by atoms with Gasteiger partial charge in [-0.1, -0.05) is 24.3 Å². The van der Waals surface area contributed by atoms with Gasteiger partial charge in [0.15, 0.2) is 0 Å². The number of benzene rings is 1. The fourth-order valence-corrected chi connectivity index (χ4v) is 2.73. The Labute approximate surface area is 123 Å². The summed E-state index contributed by atoms with van der Waals surface area (Å²) in [7, 11) is 0. The second kappa shape index (κ2) is 7.22. The third-order valence-corrected chi connectivity index (χ3v) is 4.00. The van der Waals surface area contributed by atoms with Crippen LogP contribution in [0.1, 0.15) is 29.2 Å². The zero-order chi connectivity index (χ0) is 14.4. The van der Waals surface area contributed by atoms with E-state index in [1.165, 1.54) is 22.5 Å². The van der Waals surface area contributed by atoms with Gasteiger partial charge in [0, 0.05) is 13.0 Å². The van der Waals surface area contributed by atoms with E-state index in [1.807, 2.05) is 48.0 Å². The number of carbonyl (C=O) groups excluding carboxylic acids is 1. The fourth-order valence-electron chi connectivity index (χ4n) is 2.02. The fraction of sp³-hybridized carbons (Fsp3) is 0.312. The summed E-state index contributed by atoms with van der Waals surface area (Å²) in [6.45, 7) is 2.32. The van der Waals surface area contributed by atoms with Gasteiger partial charge in [-0.3, -0.25) is 4.79 Å². The van der Waals surface area contributed by atoms with Gasteiger partial charge in [-0.15, -0.1) is 0 Å². The van der Waals surface area contributed by atoms with Crippen LogP contribution >= 0.6 is 11.3 Å². The van der Waals surface area contributed by atoms with Crippen molar-refractivity contribution in [2.24, 2.45) is 0 Å². The first kappa shape index (κ1) is 14.8. The summed E-state index contributed by atoms with van der Waals surface area (Å²) in [4.78, 5) is 11.8. The third kappa shape index (κ3) is 4.18. The maximum atomic E-state index is 11.8. The van der Waals surface area contributed by atoms with Crippen LogP contribution in [0.25, 0.3) is 0 Å². The van der Waals surface area contributed by atoms with E-state index < -0.39 is 6.10 Å². The molecule has 0 fully saturated rings. The predicted molar refractivity (Wildman–Crippen MR) is 81.8 cm³/mol. The minimum Gasteiger partial charge on any atom is -0.387 e. The zero-order valence-corrected chi connectivity index (χ0v) is 12.3. The Morgan fingerprint density at radius 3 is 2.85 bits per heavy atom. The van der Waals surface area contributed by atoms with E-state index in [4.69, 9.17) is 0 Å². The maximum absolute atomic E-state index is 11.8. The molecule has 1 heterocycles. The lowest BCUT2D eigenvalue weighted by Gasteiger charge is -2.11. The van der Waals surface area contributed by atoms with Crippen LogP contribution in [-0.2, 0) is 11.2 Å². The lowest BCUT2D eigenvalue weighted by molar-refractivity contribution is -0.121. The van der Waals surface area contributed by atoms with Crippen molar-refractivity contribution in [1.82, 2.24) is 5.32 Å². The van der Waals surface area contributed by atoms with Gasteiger partial charge in [0.2, 0.25) is 5.91 Å². The molecule has 1 amide bonds. The van der Waals surface area contributed by atoms with Gasteiger partial charge in [0.05, 0.1) is 6.10 Å². The van der Waals surface area contributed by atoms with E-state index >= 15 is 0 Å².